The Morgan fingerprint density at radius 2 is 2.11 bits per heavy atom. The minimum Gasteiger partial charge on any atom is -0.354 e. The quantitative estimate of drug-likeness (QED) is 0.551. The van der Waals surface area contributed by atoms with Crippen LogP contribution < -0.4 is 15.8 Å². The van der Waals surface area contributed by atoms with Crippen molar-refractivity contribution in [1.29, 1.82) is 0 Å². The number of hydrogen-bond donors (Lipinski definition) is 3. The molecule has 0 aliphatic heterocycles. The molecule has 19 heavy (non-hydrogen) atoms. The van der Waals surface area contributed by atoms with Crippen LogP contribution in [0.3, 0.4) is 0 Å². The molecule has 0 aromatic heterocycles. The monoisotopic (exact) mass is 284 g/mol. The van der Waals surface area contributed by atoms with E-state index in [2.05, 4.69) is 15.6 Å². The summed E-state index contributed by atoms with van der Waals surface area (Å²) in [6, 6.07) is 6.77. The van der Waals surface area contributed by atoms with Gasteiger partial charge in [0.1, 0.15) is 0 Å². The molecule has 0 saturated carbocycles. The summed E-state index contributed by atoms with van der Waals surface area (Å²) >= 11 is 0. The molecule has 0 radical (unpaired) electrons. The molecule has 4 N–H and O–H groups in total. The van der Waals surface area contributed by atoms with Crippen LogP contribution in [-0.4, -0.2) is 27.5 Å². The molecule has 6 nitrogen and oxygen atoms in total. The first-order chi connectivity index (χ1) is 8.82. The second-order valence-corrected chi connectivity index (χ2v) is 5.98. The maximum atomic E-state index is 11.2. The molecule has 0 saturated heterocycles. The van der Waals surface area contributed by atoms with Gasteiger partial charge in [-0.1, -0.05) is 12.1 Å². The van der Waals surface area contributed by atoms with E-state index in [1.54, 1.807) is 19.2 Å². The highest BCUT2D eigenvalue weighted by molar-refractivity contribution is 7.89. The molecule has 0 amide bonds. The van der Waals surface area contributed by atoms with Crippen LogP contribution in [0.4, 0.5) is 0 Å². The molecule has 0 aliphatic carbocycles. The maximum absolute atomic E-state index is 11.2. The molecule has 106 valence electrons. The lowest BCUT2D eigenvalue weighted by molar-refractivity contribution is 0.597. The van der Waals surface area contributed by atoms with Gasteiger partial charge in [-0.25, -0.2) is 13.6 Å². The molecule has 7 heteroatoms. The fraction of sp³-hybridized carbons (Fsp3) is 0.417. The number of primary sulfonamides is 1. The molecule has 0 unspecified atom stereocenters. The van der Waals surface area contributed by atoms with Crippen molar-refractivity contribution in [2.75, 3.05) is 7.05 Å². The van der Waals surface area contributed by atoms with Gasteiger partial charge in [-0.05, 0) is 31.5 Å². The van der Waals surface area contributed by atoms with E-state index in [0.29, 0.717) is 12.5 Å². The third kappa shape index (κ3) is 5.27. The predicted molar refractivity (Wildman–Crippen MR) is 76.3 cm³/mol. The molecule has 0 spiro atoms. The van der Waals surface area contributed by atoms with E-state index < -0.39 is 10.0 Å². The van der Waals surface area contributed by atoms with Gasteiger partial charge in [-0.2, -0.15) is 0 Å². The fourth-order valence-electron chi connectivity index (χ4n) is 1.49. The van der Waals surface area contributed by atoms with Crippen LogP contribution in [0.2, 0.25) is 0 Å². The van der Waals surface area contributed by atoms with Crippen LogP contribution >= 0.6 is 0 Å². The molecule has 0 fully saturated rings. The number of hydrogen-bond acceptors (Lipinski definition) is 3. The van der Waals surface area contributed by atoms with Crippen molar-refractivity contribution < 1.29 is 8.42 Å². The first-order valence-corrected chi connectivity index (χ1v) is 7.46. The predicted octanol–water partition coefficient (Wildman–Crippen LogP) is 0.407. The number of guanidine groups is 1. The van der Waals surface area contributed by atoms with E-state index in [4.69, 9.17) is 5.14 Å². The fourth-order valence-corrected chi connectivity index (χ4v) is 2.07. The van der Waals surface area contributed by atoms with E-state index >= 15 is 0 Å². The van der Waals surface area contributed by atoms with Crippen molar-refractivity contribution >= 4 is 16.0 Å². The molecule has 0 bridgehead atoms. The number of sulfonamides is 1. The third-order valence-corrected chi connectivity index (χ3v) is 3.25. The lowest BCUT2D eigenvalue weighted by Crippen LogP contribution is -2.40. The van der Waals surface area contributed by atoms with Crippen LogP contribution in [0.1, 0.15) is 19.4 Å². The van der Waals surface area contributed by atoms with Gasteiger partial charge in [0.05, 0.1) is 4.90 Å². The van der Waals surface area contributed by atoms with Gasteiger partial charge >= 0.3 is 0 Å². The zero-order valence-electron chi connectivity index (χ0n) is 11.3. The Morgan fingerprint density at radius 1 is 1.42 bits per heavy atom. The summed E-state index contributed by atoms with van der Waals surface area (Å²) in [5.74, 6) is 0.663. The maximum Gasteiger partial charge on any atom is 0.238 e. The molecular formula is C12H20N4O2S. The molecule has 0 aliphatic rings. The number of benzene rings is 1. The normalized spacial score (nSPS) is 12.6. The number of nitrogens with two attached hydrogens (primary N) is 1. The Bertz CT molecular complexity index is 553. The second-order valence-electron chi connectivity index (χ2n) is 4.42. The number of aliphatic imine (C=N–C) groups is 1. The van der Waals surface area contributed by atoms with Crippen molar-refractivity contribution in [2.24, 2.45) is 10.1 Å². The van der Waals surface area contributed by atoms with Gasteiger partial charge < -0.3 is 10.6 Å². The Kier molecular flexibility index (Phi) is 5.31. The van der Waals surface area contributed by atoms with Crippen molar-refractivity contribution in [3.63, 3.8) is 0 Å². The van der Waals surface area contributed by atoms with Crippen LogP contribution in [0.5, 0.6) is 0 Å². The SMILES string of the molecule is CN=C(NCc1cccc(S(N)(=O)=O)c1)NC(C)C. The third-order valence-electron chi connectivity index (χ3n) is 2.34. The smallest absolute Gasteiger partial charge is 0.238 e. The highest BCUT2D eigenvalue weighted by Crippen LogP contribution is 2.09. The molecule has 1 aromatic rings. The average Bonchev–Trinajstić information content (AvgIpc) is 2.33. The topological polar surface area (TPSA) is 96.6 Å². The van der Waals surface area contributed by atoms with E-state index in [1.165, 1.54) is 6.07 Å². The molecule has 1 aromatic carbocycles. The van der Waals surface area contributed by atoms with E-state index in [0.717, 1.165) is 5.56 Å². The van der Waals surface area contributed by atoms with Gasteiger partial charge in [-0.3, -0.25) is 4.99 Å². The first kappa shape index (κ1) is 15.5. The van der Waals surface area contributed by atoms with Crippen LogP contribution in [-0.2, 0) is 16.6 Å². The van der Waals surface area contributed by atoms with Gasteiger partial charge in [0.15, 0.2) is 5.96 Å². The van der Waals surface area contributed by atoms with Gasteiger partial charge in [0.25, 0.3) is 0 Å². The average molecular weight is 284 g/mol. The van der Waals surface area contributed by atoms with Crippen LogP contribution in [0.25, 0.3) is 0 Å². The lowest BCUT2D eigenvalue weighted by atomic mass is 10.2. The summed E-state index contributed by atoms with van der Waals surface area (Å²) < 4.78 is 22.5. The largest absolute Gasteiger partial charge is 0.354 e. The Morgan fingerprint density at radius 3 is 2.63 bits per heavy atom. The molecule has 0 heterocycles. The Hall–Kier alpha value is -1.60. The summed E-state index contributed by atoms with van der Waals surface area (Å²) in [4.78, 5) is 4.18. The number of rotatable bonds is 4. The Balaban J connectivity index is 2.73. The molecule has 0 atom stereocenters. The second kappa shape index (κ2) is 6.53. The van der Waals surface area contributed by atoms with Crippen molar-refractivity contribution in [3.05, 3.63) is 29.8 Å². The summed E-state index contributed by atoms with van der Waals surface area (Å²) in [5.41, 5.74) is 0.818. The van der Waals surface area contributed by atoms with Gasteiger partial charge in [0, 0.05) is 19.6 Å². The van der Waals surface area contributed by atoms with Gasteiger partial charge in [0.2, 0.25) is 10.0 Å². The van der Waals surface area contributed by atoms with E-state index in [-0.39, 0.29) is 10.9 Å². The van der Waals surface area contributed by atoms with Gasteiger partial charge in [-0.15, -0.1) is 0 Å². The number of nitrogens with one attached hydrogen (secondary N) is 2. The summed E-state index contributed by atoms with van der Waals surface area (Å²) in [5, 5.41) is 11.3. The van der Waals surface area contributed by atoms with Crippen molar-refractivity contribution in [3.8, 4) is 0 Å². The lowest BCUT2D eigenvalue weighted by Gasteiger charge is -2.14. The summed E-state index contributed by atoms with van der Waals surface area (Å²) in [6.07, 6.45) is 0. The zero-order valence-corrected chi connectivity index (χ0v) is 12.2. The van der Waals surface area contributed by atoms with E-state index in [1.807, 2.05) is 19.9 Å². The van der Waals surface area contributed by atoms with Crippen molar-refractivity contribution in [1.82, 2.24) is 10.6 Å². The number of nitrogens with zero attached hydrogens (tertiary/aromatic N) is 1. The summed E-state index contributed by atoms with van der Waals surface area (Å²) in [6.45, 7) is 4.48. The van der Waals surface area contributed by atoms with E-state index in [9.17, 15) is 8.42 Å². The Labute approximate surface area is 114 Å². The minimum atomic E-state index is -3.66. The summed E-state index contributed by atoms with van der Waals surface area (Å²) in [7, 11) is -1.98. The molecule has 1 rings (SSSR count). The highest BCUT2D eigenvalue weighted by atomic mass is 32.2. The van der Waals surface area contributed by atoms with Crippen molar-refractivity contribution in [2.45, 2.75) is 31.3 Å². The zero-order chi connectivity index (χ0) is 14.5. The minimum absolute atomic E-state index is 0.110. The highest BCUT2D eigenvalue weighted by Gasteiger charge is 2.08. The standard InChI is InChI=1S/C12H20N4O2S/c1-9(2)16-12(14-3)15-8-10-5-4-6-11(7-10)19(13,17)18/h4-7,9H,8H2,1-3H3,(H2,13,17,18)(H2,14,15,16). The first-order valence-electron chi connectivity index (χ1n) is 5.92. The van der Waals surface area contributed by atoms with Crippen LogP contribution in [0, 0.1) is 0 Å². The molecular weight excluding hydrogens is 264 g/mol. The van der Waals surface area contributed by atoms with Crippen LogP contribution in [0.15, 0.2) is 34.2 Å².